The van der Waals surface area contributed by atoms with Gasteiger partial charge in [-0.2, -0.15) is 0 Å². The molecular formula is C8H14N2O. The Balaban J connectivity index is 2.94. The van der Waals surface area contributed by atoms with Gasteiger partial charge in [-0.3, -0.25) is 0 Å². The second-order valence-corrected chi connectivity index (χ2v) is 2.71. The Morgan fingerprint density at radius 2 is 2.36 bits per heavy atom. The Bertz CT molecular complexity index is 242. The molecule has 0 spiro atoms. The van der Waals surface area contributed by atoms with Gasteiger partial charge in [-0.05, 0) is 13.3 Å². The van der Waals surface area contributed by atoms with E-state index in [1.807, 2.05) is 25.5 Å². The van der Waals surface area contributed by atoms with Gasteiger partial charge in [0.15, 0.2) is 0 Å². The van der Waals surface area contributed by atoms with Crippen LogP contribution in [0.15, 0.2) is 6.20 Å². The maximum Gasteiger partial charge on any atom is 0.105 e. The molecule has 0 amide bonds. The molecular weight excluding hydrogens is 140 g/mol. The lowest BCUT2D eigenvalue weighted by Gasteiger charge is -2.08. The lowest BCUT2D eigenvalue weighted by atomic mass is 10.2. The van der Waals surface area contributed by atoms with Gasteiger partial charge >= 0.3 is 0 Å². The molecule has 0 aliphatic heterocycles. The number of aliphatic hydroxyl groups is 1. The predicted octanol–water partition coefficient (Wildman–Crippen LogP) is 1.17. The Labute approximate surface area is 66.7 Å². The molecule has 3 nitrogen and oxygen atoms in total. The minimum atomic E-state index is -0.374. The molecule has 0 bridgehead atoms. The van der Waals surface area contributed by atoms with Crippen LogP contribution in [0.3, 0.4) is 0 Å². The zero-order valence-electron chi connectivity index (χ0n) is 7.20. The summed E-state index contributed by atoms with van der Waals surface area (Å²) < 4.78 is 1.91. The molecule has 3 heteroatoms. The molecule has 0 aliphatic carbocycles. The summed E-state index contributed by atoms with van der Waals surface area (Å²) in [6.45, 7) is 3.87. The van der Waals surface area contributed by atoms with Gasteiger partial charge in [0.2, 0.25) is 0 Å². The second-order valence-electron chi connectivity index (χ2n) is 2.71. The van der Waals surface area contributed by atoms with Crippen LogP contribution in [0.5, 0.6) is 0 Å². The number of rotatable bonds is 2. The molecule has 0 aromatic carbocycles. The quantitative estimate of drug-likeness (QED) is 0.694. The van der Waals surface area contributed by atoms with Gasteiger partial charge < -0.3 is 9.67 Å². The highest BCUT2D eigenvalue weighted by atomic mass is 16.3. The molecule has 1 N–H and O–H groups in total. The van der Waals surface area contributed by atoms with E-state index in [-0.39, 0.29) is 6.10 Å². The third kappa shape index (κ3) is 1.43. The molecule has 0 radical (unpaired) electrons. The Morgan fingerprint density at radius 3 is 2.73 bits per heavy atom. The molecule has 1 unspecified atom stereocenters. The molecule has 1 heterocycles. The Morgan fingerprint density at radius 1 is 1.73 bits per heavy atom. The topological polar surface area (TPSA) is 38.1 Å². The zero-order chi connectivity index (χ0) is 8.43. The maximum atomic E-state index is 9.46. The normalized spacial score (nSPS) is 13.5. The summed E-state index contributed by atoms with van der Waals surface area (Å²) in [5, 5.41) is 9.46. The fourth-order valence-electron chi connectivity index (χ4n) is 1.04. The van der Waals surface area contributed by atoms with Crippen molar-refractivity contribution < 1.29 is 5.11 Å². The first-order valence-corrected chi connectivity index (χ1v) is 3.83. The zero-order valence-corrected chi connectivity index (χ0v) is 7.20. The highest BCUT2D eigenvalue weighted by Gasteiger charge is 2.09. The van der Waals surface area contributed by atoms with Crippen molar-refractivity contribution in [1.29, 1.82) is 0 Å². The van der Waals surface area contributed by atoms with E-state index < -0.39 is 0 Å². The number of hydrogen-bond donors (Lipinski definition) is 1. The van der Waals surface area contributed by atoms with Crippen LogP contribution in [0, 0.1) is 6.92 Å². The summed E-state index contributed by atoms with van der Waals surface area (Å²) in [7, 11) is 1.91. The summed E-state index contributed by atoms with van der Waals surface area (Å²) in [4.78, 5) is 4.09. The molecule has 11 heavy (non-hydrogen) atoms. The molecule has 62 valence electrons. The van der Waals surface area contributed by atoms with Crippen LogP contribution in [0.4, 0.5) is 0 Å². The van der Waals surface area contributed by atoms with E-state index in [2.05, 4.69) is 4.98 Å². The monoisotopic (exact) mass is 154 g/mol. The van der Waals surface area contributed by atoms with E-state index in [4.69, 9.17) is 0 Å². The van der Waals surface area contributed by atoms with E-state index in [0.717, 1.165) is 17.9 Å². The van der Waals surface area contributed by atoms with Crippen molar-refractivity contribution in [1.82, 2.24) is 9.55 Å². The average Bonchev–Trinajstić information content (AvgIpc) is 2.32. The number of imidazole rings is 1. The standard InChI is InChI=1S/C8H14N2O/c1-4-8(11)7-5-9-6(2)10(7)3/h5,8,11H,4H2,1-3H3. The SMILES string of the molecule is CCC(O)c1cnc(C)n1C. The Kier molecular flexibility index (Phi) is 2.29. The minimum absolute atomic E-state index is 0.374. The van der Waals surface area contributed by atoms with Gasteiger partial charge in [0.25, 0.3) is 0 Å². The molecule has 0 fully saturated rings. The smallest absolute Gasteiger partial charge is 0.105 e. The van der Waals surface area contributed by atoms with Gasteiger partial charge in [-0.15, -0.1) is 0 Å². The summed E-state index contributed by atoms with van der Waals surface area (Å²) in [6.07, 6.45) is 2.09. The van der Waals surface area contributed by atoms with Crippen molar-refractivity contribution in [2.45, 2.75) is 26.4 Å². The summed E-state index contributed by atoms with van der Waals surface area (Å²) in [6, 6.07) is 0. The highest BCUT2D eigenvalue weighted by molar-refractivity contribution is 5.06. The average molecular weight is 154 g/mol. The van der Waals surface area contributed by atoms with Crippen LogP contribution in [0.25, 0.3) is 0 Å². The molecule has 0 aliphatic rings. The molecule has 0 saturated carbocycles. The molecule has 1 aromatic heterocycles. The van der Waals surface area contributed by atoms with Crippen molar-refractivity contribution >= 4 is 0 Å². The number of aliphatic hydroxyl groups excluding tert-OH is 1. The van der Waals surface area contributed by atoms with Gasteiger partial charge in [-0.1, -0.05) is 6.92 Å². The van der Waals surface area contributed by atoms with Crippen LogP contribution in [-0.4, -0.2) is 14.7 Å². The van der Waals surface area contributed by atoms with Crippen molar-refractivity contribution in [3.8, 4) is 0 Å². The van der Waals surface area contributed by atoms with Crippen LogP contribution in [-0.2, 0) is 7.05 Å². The maximum absolute atomic E-state index is 9.46. The molecule has 0 saturated heterocycles. The van der Waals surface area contributed by atoms with Crippen LogP contribution >= 0.6 is 0 Å². The minimum Gasteiger partial charge on any atom is -0.387 e. The van der Waals surface area contributed by atoms with Gasteiger partial charge in [0, 0.05) is 7.05 Å². The largest absolute Gasteiger partial charge is 0.387 e. The van der Waals surface area contributed by atoms with Gasteiger partial charge in [-0.25, -0.2) is 4.98 Å². The highest BCUT2D eigenvalue weighted by Crippen LogP contribution is 2.15. The summed E-state index contributed by atoms with van der Waals surface area (Å²) in [5.74, 6) is 0.938. The van der Waals surface area contributed by atoms with Gasteiger partial charge in [0.05, 0.1) is 18.0 Å². The van der Waals surface area contributed by atoms with Crippen LogP contribution in [0.1, 0.15) is 31.0 Å². The summed E-state index contributed by atoms with van der Waals surface area (Å²) in [5.41, 5.74) is 0.894. The van der Waals surface area contributed by atoms with Crippen LogP contribution in [0.2, 0.25) is 0 Å². The Hall–Kier alpha value is -0.830. The van der Waals surface area contributed by atoms with E-state index in [0.29, 0.717) is 0 Å². The first kappa shape index (κ1) is 8.27. The third-order valence-corrected chi connectivity index (χ3v) is 1.98. The summed E-state index contributed by atoms with van der Waals surface area (Å²) >= 11 is 0. The van der Waals surface area contributed by atoms with E-state index in [9.17, 15) is 5.11 Å². The fourth-order valence-corrected chi connectivity index (χ4v) is 1.04. The predicted molar refractivity (Wildman–Crippen MR) is 43.2 cm³/mol. The first-order chi connectivity index (χ1) is 5.16. The van der Waals surface area contributed by atoms with Crippen molar-refractivity contribution in [3.05, 3.63) is 17.7 Å². The van der Waals surface area contributed by atoms with Crippen molar-refractivity contribution in [2.24, 2.45) is 7.05 Å². The van der Waals surface area contributed by atoms with Crippen molar-refractivity contribution in [2.75, 3.05) is 0 Å². The van der Waals surface area contributed by atoms with Crippen molar-refractivity contribution in [3.63, 3.8) is 0 Å². The first-order valence-electron chi connectivity index (χ1n) is 3.83. The van der Waals surface area contributed by atoms with Gasteiger partial charge in [0.1, 0.15) is 5.82 Å². The van der Waals surface area contributed by atoms with E-state index in [1.165, 1.54) is 0 Å². The third-order valence-electron chi connectivity index (χ3n) is 1.98. The van der Waals surface area contributed by atoms with Crippen LogP contribution < -0.4 is 0 Å². The second kappa shape index (κ2) is 3.05. The lowest BCUT2D eigenvalue weighted by molar-refractivity contribution is 0.165. The van der Waals surface area contributed by atoms with E-state index >= 15 is 0 Å². The fraction of sp³-hybridized carbons (Fsp3) is 0.625. The van der Waals surface area contributed by atoms with E-state index in [1.54, 1.807) is 6.20 Å². The number of aryl methyl sites for hydroxylation is 1. The molecule has 1 aromatic rings. The number of aromatic nitrogens is 2. The number of nitrogens with zero attached hydrogens (tertiary/aromatic N) is 2. The molecule has 1 rings (SSSR count). The molecule has 1 atom stereocenters. The lowest BCUT2D eigenvalue weighted by Crippen LogP contribution is -2.03. The number of hydrogen-bond acceptors (Lipinski definition) is 2.